The molecule has 5 nitrogen and oxygen atoms in total. The van der Waals surface area contributed by atoms with Crippen LogP contribution in [0.2, 0.25) is 0 Å². The van der Waals surface area contributed by atoms with Gasteiger partial charge in [0.05, 0.1) is 23.8 Å². The van der Waals surface area contributed by atoms with Crippen LogP contribution in [-0.2, 0) is 6.42 Å². The van der Waals surface area contributed by atoms with E-state index in [2.05, 4.69) is 4.98 Å². The third-order valence-electron chi connectivity index (χ3n) is 5.35. The van der Waals surface area contributed by atoms with E-state index in [0.717, 1.165) is 17.4 Å². The summed E-state index contributed by atoms with van der Waals surface area (Å²) in [7, 11) is 1.48. The van der Waals surface area contributed by atoms with Gasteiger partial charge in [-0.05, 0) is 24.5 Å². The van der Waals surface area contributed by atoms with Crippen molar-refractivity contribution in [1.29, 1.82) is 0 Å². The number of ether oxygens (including phenoxy) is 1. The van der Waals surface area contributed by atoms with Crippen LogP contribution in [0, 0.1) is 0 Å². The molecule has 1 aromatic heterocycles. The summed E-state index contributed by atoms with van der Waals surface area (Å²) in [6.07, 6.45) is 5.36. The van der Waals surface area contributed by atoms with Gasteiger partial charge in [-0.2, -0.15) is 0 Å². The number of nitrogens with one attached hydrogen (secondary N) is 1. The lowest BCUT2D eigenvalue weighted by molar-refractivity contribution is 0.0977. The number of aromatic amines is 1. The topological polar surface area (TPSA) is 76.2 Å². The maximum Gasteiger partial charge on any atom is 0.252 e. The van der Waals surface area contributed by atoms with Crippen LogP contribution in [0.15, 0.2) is 41.2 Å². The predicted molar refractivity (Wildman–Crippen MR) is 102 cm³/mol. The highest BCUT2D eigenvalue weighted by atomic mass is 16.5. The summed E-state index contributed by atoms with van der Waals surface area (Å²) in [6, 6.07) is 8.48. The molecule has 0 atom stereocenters. The van der Waals surface area contributed by atoms with Gasteiger partial charge in [-0.1, -0.05) is 36.4 Å². The van der Waals surface area contributed by atoms with E-state index in [4.69, 9.17) is 4.74 Å². The normalized spacial score (nSPS) is 14.7. The number of benzene rings is 2. The Hall–Kier alpha value is -3.47. The van der Waals surface area contributed by atoms with E-state index in [0.29, 0.717) is 34.4 Å². The van der Waals surface area contributed by atoms with Crippen LogP contribution < -0.4 is 10.3 Å². The molecule has 2 aromatic carbocycles. The monoisotopic (exact) mass is 357 g/mol. The minimum Gasteiger partial charge on any atom is -0.496 e. The van der Waals surface area contributed by atoms with Crippen LogP contribution >= 0.6 is 0 Å². The molecular weight excluding hydrogens is 342 g/mol. The zero-order valence-electron chi connectivity index (χ0n) is 14.6. The second kappa shape index (κ2) is 5.51. The van der Waals surface area contributed by atoms with Crippen molar-refractivity contribution >= 4 is 28.5 Å². The molecule has 5 heteroatoms. The minimum absolute atomic E-state index is 0.212. The number of carbonyl (C=O) groups excluding carboxylic acids is 2. The number of hydrogen-bond donors (Lipinski definition) is 1. The molecular formula is C22H15NO4. The summed E-state index contributed by atoms with van der Waals surface area (Å²) in [5, 5.41) is 0.719. The lowest BCUT2D eigenvalue weighted by Crippen LogP contribution is -2.24. The second-order valence-electron chi connectivity index (χ2n) is 6.74. The summed E-state index contributed by atoms with van der Waals surface area (Å²) in [4.78, 5) is 41.9. The molecule has 1 heterocycles. The van der Waals surface area contributed by atoms with E-state index in [1.807, 2.05) is 12.2 Å². The SMILES string of the molecule is COc1cc2c3c(c(=O)[nH]c2c2c1C(=O)c1ccccc1C2=O)CCC=C3. The zero-order chi connectivity index (χ0) is 18.7. The highest BCUT2D eigenvalue weighted by Crippen LogP contribution is 2.39. The highest BCUT2D eigenvalue weighted by Gasteiger charge is 2.35. The third-order valence-corrected chi connectivity index (χ3v) is 5.35. The maximum atomic E-state index is 13.3. The van der Waals surface area contributed by atoms with E-state index in [1.165, 1.54) is 7.11 Å². The van der Waals surface area contributed by atoms with Gasteiger partial charge in [0.25, 0.3) is 5.56 Å². The van der Waals surface area contributed by atoms with Gasteiger partial charge in [0.2, 0.25) is 0 Å². The van der Waals surface area contributed by atoms with Crippen LogP contribution in [0.1, 0.15) is 49.4 Å². The highest BCUT2D eigenvalue weighted by molar-refractivity contribution is 6.33. The number of ketones is 2. The van der Waals surface area contributed by atoms with Gasteiger partial charge in [0.1, 0.15) is 5.75 Å². The molecule has 0 fully saturated rings. The van der Waals surface area contributed by atoms with Crippen molar-refractivity contribution in [2.45, 2.75) is 12.8 Å². The Bertz CT molecular complexity index is 1260. The Morgan fingerprint density at radius 2 is 1.70 bits per heavy atom. The quantitative estimate of drug-likeness (QED) is 0.567. The summed E-state index contributed by atoms with van der Waals surface area (Å²) < 4.78 is 5.49. The van der Waals surface area contributed by atoms with Gasteiger partial charge in [0, 0.05) is 22.1 Å². The Balaban J connectivity index is 1.97. The van der Waals surface area contributed by atoms with Gasteiger partial charge in [-0.25, -0.2) is 0 Å². The summed E-state index contributed by atoms with van der Waals surface area (Å²) in [5.41, 5.74) is 2.80. The lowest BCUT2D eigenvalue weighted by Gasteiger charge is -2.22. The van der Waals surface area contributed by atoms with Crippen molar-refractivity contribution in [3.63, 3.8) is 0 Å². The Morgan fingerprint density at radius 3 is 2.41 bits per heavy atom. The molecule has 27 heavy (non-hydrogen) atoms. The van der Waals surface area contributed by atoms with Gasteiger partial charge in [0.15, 0.2) is 11.6 Å². The maximum absolute atomic E-state index is 13.3. The van der Waals surface area contributed by atoms with Gasteiger partial charge >= 0.3 is 0 Å². The molecule has 0 aliphatic heterocycles. The molecule has 0 spiro atoms. The minimum atomic E-state index is -0.278. The number of pyridine rings is 1. The van der Waals surface area contributed by atoms with E-state index in [1.54, 1.807) is 30.3 Å². The van der Waals surface area contributed by atoms with E-state index < -0.39 is 0 Å². The van der Waals surface area contributed by atoms with Crippen LogP contribution in [0.25, 0.3) is 17.0 Å². The molecule has 0 bridgehead atoms. The predicted octanol–water partition coefficient (Wildman–Crippen LogP) is 3.27. The number of H-pyrrole nitrogens is 1. The van der Waals surface area contributed by atoms with Crippen LogP contribution in [0.5, 0.6) is 5.75 Å². The van der Waals surface area contributed by atoms with Crippen molar-refractivity contribution in [1.82, 2.24) is 4.98 Å². The first-order valence-corrected chi connectivity index (χ1v) is 8.76. The molecule has 2 aliphatic rings. The molecule has 0 saturated carbocycles. The second-order valence-corrected chi connectivity index (χ2v) is 6.74. The number of fused-ring (bicyclic) bond motifs is 6. The molecule has 132 valence electrons. The van der Waals surface area contributed by atoms with Crippen molar-refractivity contribution in [3.05, 3.63) is 80.1 Å². The molecule has 2 aliphatic carbocycles. The third kappa shape index (κ3) is 2.02. The number of rotatable bonds is 1. The van der Waals surface area contributed by atoms with E-state index in [9.17, 15) is 14.4 Å². The average molecular weight is 357 g/mol. The van der Waals surface area contributed by atoms with Crippen LogP contribution in [0.3, 0.4) is 0 Å². The van der Waals surface area contributed by atoms with Crippen molar-refractivity contribution < 1.29 is 14.3 Å². The largest absolute Gasteiger partial charge is 0.496 e. The number of hydrogen-bond acceptors (Lipinski definition) is 4. The smallest absolute Gasteiger partial charge is 0.252 e. The first kappa shape index (κ1) is 15.8. The van der Waals surface area contributed by atoms with Crippen LogP contribution in [0.4, 0.5) is 0 Å². The molecule has 0 radical (unpaired) electrons. The number of aromatic nitrogens is 1. The van der Waals surface area contributed by atoms with Gasteiger partial charge in [-0.15, -0.1) is 0 Å². The van der Waals surface area contributed by atoms with E-state index >= 15 is 0 Å². The fourth-order valence-corrected chi connectivity index (χ4v) is 4.10. The summed E-state index contributed by atoms with van der Waals surface area (Å²) >= 11 is 0. The fraction of sp³-hybridized carbons (Fsp3) is 0.136. The molecule has 0 amide bonds. The number of allylic oxidation sites excluding steroid dienone is 1. The zero-order valence-corrected chi connectivity index (χ0v) is 14.6. The number of carbonyl (C=O) groups is 2. The molecule has 0 saturated heterocycles. The molecule has 3 aromatic rings. The molecule has 0 unspecified atom stereocenters. The average Bonchev–Trinajstić information content (AvgIpc) is 2.71. The van der Waals surface area contributed by atoms with Crippen LogP contribution in [-0.4, -0.2) is 23.7 Å². The Kier molecular flexibility index (Phi) is 3.22. The first-order valence-electron chi connectivity index (χ1n) is 8.76. The van der Waals surface area contributed by atoms with Gasteiger partial charge < -0.3 is 9.72 Å². The van der Waals surface area contributed by atoms with E-state index in [-0.39, 0.29) is 28.3 Å². The summed E-state index contributed by atoms with van der Waals surface area (Å²) in [5.74, 6) is -0.203. The number of methoxy groups -OCH3 is 1. The Morgan fingerprint density at radius 1 is 1.00 bits per heavy atom. The molecule has 1 N–H and O–H groups in total. The summed E-state index contributed by atoms with van der Waals surface area (Å²) in [6.45, 7) is 0. The Labute approximate surface area is 154 Å². The van der Waals surface area contributed by atoms with Crippen molar-refractivity contribution in [2.75, 3.05) is 7.11 Å². The van der Waals surface area contributed by atoms with Gasteiger partial charge in [-0.3, -0.25) is 14.4 Å². The first-order chi connectivity index (χ1) is 13.1. The lowest BCUT2D eigenvalue weighted by atomic mass is 9.81. The standard InChI is InChI=1S/C22H15NO4/c1-27-16-10-15-11-6-2-5-9-14(11)22(26)23-19(15)18-17(16)20(24)12-7-3-4-8-13(12)21(18)25/h2-4,6-8,10H,5,9H2,1H3,(H,23,26). The van der Waals surface area contributed by atoms with Crippen molar-refractivity contribution in [2.24, 2.45) is 0 Å². The van der Waals surface area contributed by atoms with Crippen molar-refractivity contribution in [3.8, 4) is 5.75 Å². The molecule has 5 rings (SSSR count). The fourth-order valence-electron chi connectivity index (χ4n) is 4.10.